The van der Waals surface area contributed by atoms with E-state index in [0.29, 0.717) is 0 Å². The van der Waals surface area contributed by atoms with E-state index in [1.807, 2.05) is 22.7 Å². The number of fused-ring (bicyclic) bond motifs is 8. The van der Waals surface area contributed by atoms with Gasteiger partial charge in [-0.3, -0.25) is 4.57 Å². The summed E-state index contributed by atoms with van der Waals surface area (Å²) >= 11 is 3.76. The lowest BCUT2D eigenvalue weighted by Gasteiger charge is -2.15. The van der Waals surface area contributed by atoms with Crippen molar-refractivity contribution in [2.75, 3.05) is 0 Å². The molecule has 0 radical (unpaired) electrons. The molecule has 5 heteroatoms. The van der Waals surface area contributed by atoms with Crippen LogP contribution in [0, 0.1) is 0 Å². The summed E-state index contributed by atoms with van der Waals surface area (Å²) in [5.74, 6) is 0.949. The summed E-state index contributed by atoms with van der Waals surface area (Å²) in [6.45, 7) is 0. The summed E-state index contributed by atoms with van der Waals surface area (Å²) < 4.78 is 10.1. The van der Waals surface area contributed by atoms with Crippen LogP contribution in [0.1, 0.15) is 23.1 Å². The molecule has 0 N–H and O–H groups in total. The number of aromatic nitrogens is 3. The highest BCUT2D eigenvalue weighted by Gasteiger charge is 2.27. The van der Waals surface area contributed by atoms with Crippen LogP contribution >= 0.6 is 22.7 Å². The third kappa shape index (κ3) is 4.09. The lowest BCUT2D eigenvalue weighted by molar-refractivity contribution is 1.07. The fourth-order valence-corrected chi connectivity index (χ4v) is 12.6. The molecule has 0 spiro atoms. The van der Waals surface area contributed by atoms with E-state index in [9.17, 15) is 0 Å². The van der Waals surface area contributed by atoms with Crippen molar-refractivity contribution in [2.45, 2.75) is 12.8 Å². The SMILES string of the molecule is C1=CCC=c2c(n(-c3ccccc3)c3cc(-c4cc(-n5c6ccc7c8c6c6c9c(ccc65)sc5cccc(c59)C(=CC=C7)C8)nc5c4sc4ccccc45)ccc23)=C1. The van der Waals surface area contributed by atoms with Gasteiger partial charge >= 0.3 is 0 Å². The molecule has 5 heterocycles. The van der Waals surface area contributed by atoms with Gasteiger partial charge in [-0.1, -0.05) is 103 Å². The maximum absolute atomic E-state index is 5.68. The monoisotopic (exact) mass is 773 g/mol. The first-order valence-electron chi connectivity index (χ1n) is 20.0. The van der Waals surface area contributed by atoms with Crippen molar-refractivity contribution in [3.05, 3.63) is 173 Å². The number of rotatable bonds is 3. The first-order valence-corrected chi connectivity index (χ1v) is 21.6. The van der Waals surface area contributed by atoms with Crippen LogP contribution in [-0.4, -0.2) is 14.1 Å². The molecule has 270 valence electrons. The molecule has 0 unspecified atom stereocenters. The van der Waals surface area contributed by atoms with E-state index in [-0.39, 0.29) is 0 Å². The highest BCUT2D eigenvalue weighted by atomic mass is 32.1. The first-order chi connectivity index (χ1) is 28.8. The first kappa shape index (κ1) is 31.3. The topological polar surface area (TPSA) is 22.8 Å². The van der Waals surface area contributed by atoms with E-state index >= 15 is 0 Å². The number of hydrogen-bond acceptors (Lipinski definition) is 3. The average molecular weight is 774 g/mol. The Morgan fingerprint density at radius 2 is 1.45 bits per heavy atom. The van der Waals surface area contributed by atoms with Gasteiger partial charge in [-0.2, -0.15) is 0 Å². The van der Waals surface area contributed by atoms with Gasteiger partial charge in [0.05, 0.1) is 32.1 Å². The molecular weight excluding hydrogens is 743 g/mol. The zero-order valence-corrected chi connectivity index (χ0v) is 32.8. The smallest absolute Gasteiger partial charge is 0.139 e. The molecule has 58 heavy (non-hydrogen) atoms. The third-order valence-corrected chi connectivity index (χ3v) is 15.1. The van der Waals surface area contributed by atoms with Gasteiger partial charge in [0.1, 0.15) is 5.82 Å². The van der Waals surface area contributed by atoms with E-state index in [0.717, 1.165) is 24.2 Å². The molecule has 0 saturated heterocycles. The van der Waals surface area contributed by atoms with Crippen LogP contribution in [0.2, 0.25) is 0 Å². The molecule has 5 aromatic heterocycles. The Balaban J connectivity index is 1.12. The van der Waals surface area contributed by atoms with Crippen molar-refractivity contribution in [2.24, 2.45) is 0 Å². The lowest BCUT2D eigenvalue weighted by Crippen LogP contribution is -2.27. The molecule has 11 aromatic rings. The van der Waals surface area contributed by atoms with Crippen LogP contribution in [-0.2, 0) is 6.42 Å². The fourth-order valence-electron chi connectivity index (χ4n) is 10.3. The van der Waals surface area contributed by atoms with Gasteiger partial charge in [-0.05, 0) is 101 Å². The van der Waals surface area contributed by atoms with Crippen LogP contribution in [0.5, 0.6) is 0 Å². The molecule has 0 saturated carbocycles. The molecule has 0 amide bonds. The van der Waals surface area contributed by atoms with Gasteiger partial charge in [0.25, 0.3) is 0 Å². The highest BCUT2D eigenvalue weighted by Crippen LogP contribution is 2.50. The number of nitrogens with zero attached hydrogens (tertiary/aromatic N) is 3. The minimum Gasteiger partial charge on any atom is -0.309 e. The third-order valence-electron chi connectivity index (χ3n) is 12.7. The van der Waals surface area contributed by atoms with Gasteiger partial charge < -0.3 is 4.57 Å². The van der Waals surface area contributed by atoms with Crippen molar-refractivity contribution >= 4 is 120 Å². The Hall–Kier alpha value is -6.79. The standard InChI is InChI=1S/C53H31N3S2/c1-3-13-33(14-4-1)55-40-18-6-2-5-15-35(40)36-23-21-32(28-43(36)55)39-29-47(54-52-37-16-7-8-19-44(37)58-53(39)52)56-41-24-22-30-11-9-12-31-27-38(30)48(41)50-42(56)25-26-46-51(50)49-34(31)17-10-20-45(49)57-46/h1-4,6-26,28-29H,5,27H2. The van der Waals surface area contributed by atoms with Crippen molar-refractivity contribution in [1.82, 2.24) is 14.1 Å². The highest BCUT2D eigenvalue weighted by molar-refractivity contribution is 7.26. The Morgan fingerprint density at radius 1 is 0.586 bits per heavy atom. The largest absolute Gasteiger partial charge is 0.309 e. The molecule has 3 aliphatic rings. The zero-order valence-electron chi connectivity index (χ0n) is 31.2. The second-order valence-corrected chi connectivity index (χ2v) is 17.9. The van der Waals surface area contributed by atoms with Crippen molar-refractivity contribution in [3.63, 3.8) is 0 Å². The molecule has 0 fully saturated rings. The molecule has 2 bridgehead atoms. The van der Waals surface area contributed by atoms with Gasteiger partial charge in [0, 0.05) is 62.9 Å². The minimum absolute atomic E-state index is 0.895. The van der Waals surface area contributed by atoms with E-state index in [2.05, 4.69) is 173 Å². The van der Waals surface area contributed by atoms with Gasteiger partial charge in [-0.25, -0.2) is 4.98 Å². The van der Waals surface area contributed by atoms with Gasteiger partial charge in [0.2, 0.25) is 0 Å². The summed E-state index contributed by atoms with van der Waals surface area (Å²) in [7, 11) is 0. The maximum atomic E-state index is 5.68. The number of benzene rings is 6. The number of para-hydroxylation sites is 1. The summed E-state index contributed by atoms with van der Waals surface area (Å²) in [5.41, 5.74) is 13.7. The predicted molar refractivity (Wildman–Crippen MR) is 249 cm³/mol. The molecular formula is C53H31N3S2. The molecule has 3 nitrogen and oxygen atoms in total. The van der Waals surface area contributed by atoms with Crippen LogP contribution in [0.4, 0.5) is 0 Å². The van der Waals surface area contributed by atoms with Crippen molar-refractivity contribution < 1.29 is 0 Å². The Kier molecular flexibility index (Phi) is 6.16. The van der Waals surface area contributed by atoms with Crippen molar-refractivity contribution in [3.8, 4) is 22.6 Å². The zero-order chi connectivity index (χ0) is 37.6. The molecule has 0 aliphatic heterocycles. The molecule has 6 aromatic carbocycles. The van der Waals surface area contributed by atoms with Gasteiger partial charge in [-0.15, -0.1) is 22.7 Å². The average Bonchev–Trinajstić information content (AvgIpc) is 3.90. The van der Waals surface area contributed by atoms with Crippen LogP contribution in [0.3, 0.4) is 0 Å². The van der Waals surface area contributed by atoms with Crippen LogP contribution < -0.4 is 10.6 Å². The van der Waals surface area contributed by atoms with Crippen LogP contribution in [0.25, 0.3) is 120 Å². The summed E-state index contributed by atoms with van der Waals surface area (Å²) in [6.07, 6.45) is 17.8. The summed E-state index contributed by atoms with van der Waals surface area (Å²) in [6, 6.07) is 45.3. The number of thiophene rings is 2. The molecule has 3 aliphatic carbocycles. The second-order valence-electron chi connectivity index (χ2n) is 15.7. The second kappa shape index (κ2) is 11.4. The van der Waals surface area contributed by atoms with E-state index in [4.69, 9.17) is 4.98 Å². The Bertz CT molecular complexity index is 3900. The fraction of sp³-hybridized carbons (Fsp3) is 0.0377. The van der Waals surface area contributed by atoms with E-state index < -0.39 is 0 Å². The Morgan fingerprint density at radius 3 is 2.41 bits per heavy atom. The normalized spacial score (nSPS) is 14.3. The maximum Gasteiger partial charge on any atom is 0.139 e. The Labute approximate surface area is 340 Å². The van der Waals surface area contributed by atoms with Crippen LogP contribution in [0.15, 0.2) is 146 Å². The van der Waals surface area contributed by atoms with Gasteiger partial charge in [0.15, 0.2) is 0 Å². The quantitative estimate of drug-likeness (QED) is 0.175. The summed E-state index contributed by atoms with van der Waals surface area (Å²) in [5, 5.41) is 10.4. The van der Waals surface area contributed by atoms with Crippen molar-refractivity contribution in [1.29, 1.82) is 0 Å². The molecule has 0 atom stereocenters. The van der Waals surface area contributed by atoms with E-state index in [1.54, 1.807) is 0 Å². The van der Waals surface area contributed by atoms with E-state index in [1.165, 1.54) is 117 Å². The summed E-state index contributed by atoms with van der Waals surface area (Å²) in [4.78, 5) is 5.68. The minimum atomic E-state index is 0.895. The number of allylic oxidation sites excluding steroid dienone is 5. The predicted octanol–water partition coefficient (Wildman–Crippen LogP) is 13.0. The number of hydrogen-bond donors (Lipinski definition) is 0. The lowest BCUT2D eigenvalue weighted by atomic mass is 9.87. The molecule has 14 rings (SSSR count). The number of pyridine rings is 1.